The number of nitrogens with one attached hydrogen (secondary N) is 1. The highest BCUT2D eigenvalue weighted by Gasteiger charge is 2.54. The van der Waals surface area contributed by atoms with Crippen LogP contribution in [-0.4, -0.2) is 24.7 Å². The van der Waals surface area contributed by atoms with Gasteiger partial charge >= 0.3 is 5.97 Å². The molecule has 1 aromatic rings. The van der Waals surface area contributed by atoms with Crippen molar-refractivity contribution in [1.82, 2.24) is 5.32 Å². The number of benzene rings is 1. The van der Waals surface area contributed by atoms with E-state index in [1.54, 1.807) is 12.1 Å². The van der Waals surface area contributed by atoms with Crippen LogP contribution in [0.2, 0.25) is 0 Å². The molecule has 1 atom stereocenters. The van der Waals surface area contributed by atoms with Crippen LogP contribution >= 0.6 is 0 Å². The second-order valence-electron chi connectivity index (χ2n) is 5.63. The van der Waals surface area contributed by atoms with E-state index in [2.05, 4.69) is 11.9 Å². The molecule has 0 spiro atoms. The molecule has 1 amide bonds. The Hall–Kier alpha value is -2.30. The first-order chi connectivity index (χ1) is 11.1. The van der Waals surface area contributed by atoms with Gasteiger partial charge in [0.1, 0.15) is 17.8 Å². The fourth-order valence-corrected chi connectivity index (χ4v) is 2.72. The summed E-state index contributed by atoms with van der Waals surface area (Å²) in [6.45, 7) is 7.71. The van der Waals surface area contributed by atoms with Crippen molar-refractivity contribution in [1.29, 1.82) is 0 Å². The predicted molar refractivity (Wildman–Crippen MR) is 86.9 cm³/mol. The van der Waals surface area contributed by atoms with Gasteiger partial charge in [-0.2, -0.15) is 0 Å². The van der Waals surface area contributed by atoms with E-state index < -0.39 is 5.41 Å². The second-order valence-corrected chi connectivity index (χ2v) is 5.63. The van der Waals surface area contributed by atoms with Gasteiger partial charge in [0, 0.05) is 0 Å². The molecule has 0 aromatic heterocycles. The van der Waals surface area contributed by atoms with Gasteiger partial charge in [0.05, 0.1) is 6.42 Å². The van der Waals surface area contributed by atoms with E-state index in [4.69, 9.17) is 9.47 Å². The zero-order chi connectivity index (χ0) is 16.9. The van der Waals surface area contributed by atoms with Gasteiger partial charge in [-0.25, -0.2) is 0 Å². The van der Waals surface area contributed by atoms with E-state index in [0.29, 0.717) is 5.75 Å². The van der Waals surface area contributed by atoms with Gasteiger partial charge in [-0.15, -0.1) is 0 Å². The summed E-state index contributed by atoms with van der Waals surface area (Å²) in [6, 6.07) is 7.25. The number of β-lactam (4-membered cyclic amide) rings is 1. The Morgan fingerprint density at radius 1 is 1.30 bits per heavy atom. The Kier molecular flexibility index (Phi) is 5.42. The summed E-state index contributed by atoms with van der Waals surface area (Å²) in [4.78, 5) is 23.4. The number of hydrogen-bond donors (Lipinski definition) is 1. The molecule has 0 radical (unpaired) electrons. The fourth-order valence-electron chi connectivity index (χ4n) is 2.72. The molecule has 1 aliphatic rings. The zero-order valence-corrected chi connectivity index (χ0v) is 13.6. The first-order valence-corrected chi connectivity index (χ1v) is 7.88. The van der Waals surface area contributed by atoms with Crippen LogP contribution in [0.15, 0.2) is 36.9 Å². The molecule has 1 saturated heterocycles. The number of carbonyl (C=O) groups is 2. The van der Waals surface area contributed by atoms with Crippen molar-refractivity contribution in [3.63, 3.8) is 0 Å². The molecule has 1 N–H and O–H groups in total. The quantitative estimate of drug-likeness (QED) is 0.455. The summed E-state index contributed by atoms with van der Waals surface area (Å²) in [5.41, 5.74) is 0.411. The van der Waals surface area contributed by atoms with E-state index >= 15 is 0 Å². The summed E-state index contributed by atoms with van der Waals surface area (Å²) >= 11 is 0. The van der Waals surface area contributed by atoms with Gasteiger partial charge in [-0.1, -0.05) is 38.6 Å². The van der Waals surface area contributed by atoms with Crippen molar-refractivity contribution in [3.8, 4) is 5.75 Å². The lowest BCUT2D eigenvalue weighted by atomic mass is 9.73. The smallest absolute Gasteiger partial charge is 0.310 e. The van der Waals surface area contributed by atoms with Gasteiger partial charge < -0.3 is 14.8 Å². The van der Waals surface area contributed by atoms with Crippen molar-refractivity contribution in [2.75, 3.05) is 6.61 Å². The van der Waals surface area contributed by atoms with E-state index in [1.165, 1.54) is 6.08 Å². The monoisotopic (exact) mass is 317 g/mol. The lowest BCUT2D eigenvalue weighted by molar-refractivity contribution is -0.161. The largest absolute Gasteiger partial charge is 0.470 e. The van der Waals surface area contributed by atoms with Crippen LogP contribution in [0, 0.1) is 5.41 Å². The molecule has 5 nitrogen and oxygen atoms in total. The normalized spacial score (nSPS) is 18.5. The third kappa shape index (κ3) is 3.55. The highest BCUT2D eigenvalue weighted by molar-refractivity contribution is 5.89. The van der Waals surface area contributed by atoms with Crippen molar-refractivity contribution in [2.24, 2.45) is 5.41 Å². The summed E-state index contributed by atoms with van der Waals surface area (Å²) in [7, 11) is 0. The molecular weight excluding hydrogens is 294 g/mol. The van der Waals surface area contributed by atoms with Crippen molar-refractivity contribution < 1.29 is 19.1 Å². The molecule has 1 fully saturated rings. The van der Waals surface area contributed by atoms with Crippen molar-refractivity contribution >= 4 is 11.9 Å². The average molecular weight is 317 g/mol. The Balaban J connectivity index is 1.94. The number of ether oxygens (including phenoxy) is 2. The Morgan fingerprint density at radius 2 is 1.96 bits per heavy atom. The Labute approximate surface area is 136 Å². The van der Waals surface area contributed by atoms with Crippen LogP contribution in [-0.2, 0) is 20.7 Å². The number of rotatable bonds is 8. The van der Waals surface area contributed by atoms with Crippen LogP contribution in [0.4, 0.5) is 0 Å². The maximum absolute atomic E-state index is 11.8. The highest BCUT2D eigenvalue weighted by atomic mass is 16.5. The third-order valence-electron chi connectivity index (χ3n) is 4.37. The molecule has 1 aliphatic heterocycles. The molecule has 2 rings (SSSR count). The van der Waals surface area contributed by atoms with Crippen molar-refractivity contribution in [3.05, 3.63) is 42.5 Å². The predicted octanol–water partition coefficient (Wildman–Crippen LogP) is 2.60. The fraction of sp³-hybridized carbons (Fsp3) is 0.444. The van der Waals surface area contributed by atoms with Gasteiger partial charge in [0.2, 0.25) is 5.91 Å². The lowest BCUT2D eigenvalue weighted by Crippen LogP contribution is -2.69. The van der Waals surface area contributed by atoms with Crippen LogP contribution < -0.4 is 10.1 Å². The molecule has 0 bridgehead atoms. The van der Waals surface area contributed by atoms with Crippen molar-refractivity contribution in [2.45, 2.75) is 39.3 Å². The van der Waals surface area contributed by atoms with Crippen LogP contribution in [0.1, 0.15) is 32.3 Å². The average Bonchev–Trinajstić information content (AvgIpc) is 2.55. The zero-order valence-electron chi connectivity index (χ0n) is 13.6. The lowest BCUT2D eigenvalue weighted by Gasteiger charge is -2.47. The minimum absolute atomic E-state index is 0.0501. The molecule has 5 heteroatoms. The third-order valence-corrected chi connectivity index (χ3v) is 4.37. The summed E-state index contributed by atoms with van der Waals surface area (Å²) in [6.07, 6.45) is 2.94. The van der Waals surface area contributed by atoms with Crippen LogP contribution in [0.5, 0.6) is 5.75 Å². The number of carbonyl (C=O) groups excluding carboxylic acids is 2. The molecule has 1 aromatic carbocycles. The molecular formula is C18H23NO4. The molecule has 124 valence electrons. The topological polar surface area (TPSA) is 64.6 Å². The van der Waals surface area contributed by atoms with Crippen LogP contribution in [0.25, 0.3) is 0 Å². The van der Waals surface area contributed by atoms with E-state index in [1.807, 2.05) is 26.0 Å². The minimum Gasteiger partial charge on any atom is -0.470 e. The van der Waals surface area contributed by atoms with Gasteiger partial charge in [-0.3, -0.25) is 9.59 Å². The second kappa shape index (κ2) is 7.31. The van der Waals surface area contributed by atoms with E-state index in [9.17, 15) is 9.59 Å². The number of esters is 1. The molecule has 0 saturated carbocycles. The summed E-state index contributed by atoms with van der Waals surface area (Å²) < 4.78 is 10.8. The first kappa shape index (κ1) is 17.1. The molecule has 0 unspecified atom stereocenters. The molecule has 23 heavy (non-hydrogen) atoms. The number of hydrogen-bond acceptors (Lipinski definition) is 4. The summed E-state index contributed by atoms with van der Waals surface area (Å²) in [5, 5.41) is 2.81. The molecule has 1 heterocycles. The van der Waals surface area contributed by atoms with E-state index in [0.717, 1.165) is 18.4 Å². The molecule has 0 aliphatic carbocycles. The van der Waals surface area contributed by atoms with E-state index in [-0.39, 0.29) is 31.1 Å². The maximum atomic E-state index is 11.8. The minimum atomic E-state index is -0.437. The standard InChI is InChI=1S/C18H23NO4/c1-4-11-22-15(20)12-13-7-9-14(10-8-13)23-17-18(5-2,6-3)16(21)19-17/h4,7-10,17H,1,5-6,11-12H2,2-3H3,(H,19,21)/t17-/m0/s1. The first-order valence-electron chi connectivity index (χ1n) is 7.88. The maximum Gasteiger partial charge on any atom is 0.310 e. The number of amides is 1. The van der Waals surface area contributed by atoms with Gasteiger partial charge in [0.25, 0.3) is 0 Å². The highest BCUT2D eigenvalue weighted by Crippen LogP contribution is 2.39. The van der Waals surface area contributed by atoms with Gasteiger partial charge in [0.15, 0.2) is 6.23 Å². The van der Waals surface area contributed by atoms with Gasteiger partial charge in [-0.05, 0) is 30.5 Å². The SMILES string of the molecule is C=CCOC(=O)Cc1ccc(O[C@@H]2NC(=O)C2(CC)CC)cc1. The summed E-state index contributed by atoms with van der Waals surface area (Å²) in [5.74, 6) is 0.430. The van der Waals surface area contributed by atoms with Crippen LogP contribution in [0.3, 0.4) is 0 Å². The Bertz CT molecular complexity index is 575. The Morgan fingerprint density at radius 3 is 2.48 bits per heavy atom.